The fraction of sp³-hybridized carbons (Fsp3) is 0.471. The van der Waals surface area contributed by atoms with E-state index in [4.69, 9.17) is 4.74 Å². The molecule has 0 aliphatic carbocycles. The summed E-state index contributed by atoms with van der Waals surface area (Å²) in [6, 6.07) is 8.67. The van der Waals surface area contributed by atoms with Crippen molar-refractivity contribution in [1.29, 1.82) is 0 Å². The zero-order valence-electron chi connectivity index (χ0n) is 12.4. The number of rotatable bonds is 4. The van der Waals surface area contributed by atoms with E-state index >= 15 is 0 Å². The zero-order chi connectivity index (χ0) is 14.4. The smallest absolute Gasteiger partial charge is 0.333 e. The van der Waals surface area contributed by atoms with E-state index in [0.29, 0.717) is 0 Å². The normalized spacial score (nSPS) is 16.4. The van der Waals surface area contributed by atoms with E-state index in [1.54, 1.807) is 0 Å². The summed E-state index contributed by atoms with van der Waals surface area (Å²) in [6.45, 7) is 4.91. The van der Waals surface area contributed by atoms with E-state index in [9.17, 15) is 4.79 Å². The van der Waals surface area contributed by atoms with Crippen LogP contribution in [0.4, 0.5) is 0 Å². The van der Waals surface area contributed by atoms with Crippen molar-refractivity contribution in [2.45, 2.75) is 26.2 Å². The summed E-state index contributed by atoms with van der Waals surface area (Å²) in [6.07, 6.45) is 4.91. The summed E-state index contributed by atoms with van der Waals surface area (Å²) < 4.78 is 4.79. The highest BCUT2D eigenvalue weighted by Crippen LogP contribution is 2.15. The van der Waals surface area contributed by atoms with E-state index in [0.717, 1.165) is 44.5 Å². The van der Waals surface area contributed by atoms with Gasteiger partial charge < -0.3 is 4.74 Å². The van der Waals surface area contributed by atoms with Crippen LogP contribution in [0.3, 0.4) is 0 Å². The Kier molecular flexibility index (Phi) is 5.36. The van der Waals surface area contributed by atoms with Gasteiger partial charge in [0, 0.05) is 25.2 Å². The molecule has 0 unspecified atom stereocenters. The summed E-state index contributed by atoms with van der Waals surface area (Å²) in [7, 11) is 1.44. The first kappa shape index (κ1) is 14.8. The van der Waals surface area contributed by atoms with Crippen molar-refractivity contribution in [2.24, 2.45) is 0 Å². The molecule has 1 aromatic rings. The Labute approximate surface area is 121 Å². The quantitative estimate of drug-likeness (QED) is 0.624. The molecule has 1 heterocycles. The van der Waals surface area contributed by atoms with Crippen LogP contribution in [0, 0.1) is 0 Å². The Morgan fingerprint density at radius 1 is 1.25 bits per heavy atom. The largest absolute Gasteiger partial charge is 0.466 e. The van der Waals surface area contributed by atoms with E-state index in [1.165, 1.54) is 18.2 Å². The van der Waals surface area contributed by atoms with Gasteiger partial charge in [-0.2, -0.15) is 0 Å². The topological polar surface area (TPSA) is 29.5 Å². The molecule has 1 aromatic carbocycles. The van der Waals surface area contributed by atoms with Crippen LogP contribution in [0.5, 0.6) is 0 Å². The fourth-order valence-corrected chi connectivity index (χ4v) is 2.64. The fourth-order valence-electron chi connectivity index (χ4n) is 2.64. The summed E-state index contributed by atoms with van der Waals surface area (Å²) in [5.74, 6) is -0.203. The first-order chi connectivity index (χ1) is 9.74. The van der Waals surface area contributed by atoms with Crippen LogP contribution in [-0.4, -0.2) is 37.6 Å². The Balaban J connectivity index is 1.96. The number of nitrogens with zero attached hydrogens (tertiary/aromatic N) is 1. The van der Waals surface area contributed by atoms with Gasteiger partial charge in [-0.1, -0.05) is 37.3 Å². The van der Waals surface area contributed by atoms with E-state index < -0.39 is 0 Å². The van der Waals surface area contributed by atoms with Crippen LogP contribution < -0.4 is 0 Å². The van der Waals surface area contributed by atoms with Crippen molar-refractivity contribution in [3.63, 3.8) is 0 Å². The molecular weight excluding hydrogens is 250 g/mol. The predicted octanol–water partition coefficient (Wildman–Crippen LogP) is 2.60. The Morgan fingerprint density at radius 2 is 1.85 bits per heavy atom. The van der Waals surface area contributed by atoms with Crippen molar-refractivity contribution in [2.75, 3.05) is 26.7 Å². The highest BCUT2D eigenvalue weighted by molar-refractivity contribution is 5.88. The number of methoxy groups -OCH3 is 1. The minimum atomic E-state index is -0.203. The number of ether oxygens (including phenoxy) is 1. The molecule has 20 heavy (non-hydrogen) atoms. The van der Waals surface area contributed by atoms with E-state index in [2.05, 4.69) is 29.2 Å². The Hall–Kier alpha value is -1.61. The number of hydrogen-bond donors (Lipinski definition) is 0. The SMILES string of the molecule is CCC(=CCN1CCc2ccccc2CC1)C(=O)OC. The lowest BCUT2D eigenvalue weighted by atomic mass is 10.0. The summed E-state index contributed by atoms with van der Waals surface area (Å²) >= 11 is 0. The molecule has 0 spiro atoms. The van der Waals surface area contributed by atoms with Gasteiger partial charge in [-0.05, 0) is 30.4 Å². The van der Waals surface area contributed by atoms with Gasteiger partial charge in [-0.25, -0.2) is 4.79 Å². The molecule has 2 rings (SSSR count). The van der Waals surface area contributed by atoms with Crippen molar-refractivity contribution >= 4 is 5.97 Å². The van der Waals surface area contributed by atoms with Crippen LogP contribution in [0.15, 0.2) is 35.9 Å². The number of esters is 1. The second kappa shape index (κ2) is 7.25. The second-order valence-electron chi connectivity index (χ2n) is 5.14. The summed E-state index contributed by atoms with van der Waals surface area (Å²) in [4.78, 5) is 14.0. The molecule has 3 heteroatoms. The Morgan fingerprint density at radius 3 is 2.35 bits per heavy atom. The molecule has 0 N–H and O–H groups in total. The van der Waals surface area contributed by atoms with Crippen molar-refractivity contribution < 1.29 is 9.53 Å². The third-order valence-corrected chi connectivity index (χ3v) is 3.94. The maximum Gasteiger partial charge on any atom is 0.333 e. The lowest BCUT2D eigenvalue weighted by Gasteiger charge is -2.18. The average Bonchev–Trinajstić information content (AvgIpc) is 2.70. The van der Waals surface area contributed by atoms with Crippen molar-refractivity contribution in [1.82, 2.24) is 4.90 Å². The summed E-state index contributed by atoms with van der Waals surface area (Å²) in [5.41, 5.74) is 3.69. The van der Waals surface area contributed by atoms with Gasteiger partial charge in [0.15, 0.2) is 0 Å². The van der Waals surface area contributed by atoms with Gasteiger partial charge >= 0.3 is 5.97 Å². The first-order valence-electron chi connectivity index (χ1n) is 7.31. The maximum atomic E-state index is 11.6. The lowest BCUT2D eigenvalue weighted by molar-refractivity contribution is -0.136. The second-order valence-corrected chi connectivity index (χ2v) is 5.14. The molecule has 0 aromatic heterocycles. The van der Waals surface area contributed by atoms with Gasteiger partial charge in [0.1, 0.15) is 0 Å². The minimum Gasteiger partial charge on any atom is -0.466 e. The first-order valence-corrected chi connectivity index (χ1v) is 7.31. The van der Waals surface area contributed by atoms with E-state index in [1.807, 2.05) is 13.0 Å². The summed E-state index contributed by atoms with van der Waals surface area (Å²) in [5, 5.41) is 0. The molecule has 0 atom stereocenters. The van der Waals surface area contributed by atoms with Crippen LogP contribution in [0.25, 0.3) is 0 Å². The van der Waals surface area contributed by atoms with Crippen LogP contribution in [0.2, 0.25) is 0 Å². The lowest BCUT2D eigenvalue weighted by Crippen LogP contribution is -2.27. The molecule has 108 valence electrons. The molecule has 0 saturated heterocycles. The molecule has 0 saturated carbocycles. The molecular formula is C17H23NO2. The number of hydrogen-bond acceptors (Lipinski definition) is 3. The minimum absolute atomic E-state index is 0.203. The Bertz CT molecular complexity index is 467. The van der Waals surface area contributed by atoms with Gasteiger partial charge in [0.25, 0.3) is 0 Å². The van der Waals surface area contributed by atoms with Crippen molar-refractivity contribution in [3.8, 4) is 0 Å². The van der Waals surface area contributed by atoms with Gasteiger partial charge in [-0.15, -0.1) is 0 Å². The number of fused-ring (bicyclic) bond motifs is 1. The van der Waals surface area contributed by atoms with Crippen LogP contribution in [0.1, 0.15) is 24.5 Å². The van der Waals surface area contributed by atoms with Crippen LogP contribution in [-0.2, 0) is 22.4 Å². The zero-order valence-corrected chi connectivity index (χ0v) is 12.4. The van der Waals surface area contributed by atoms with E-state index in [-0.39, 0.29) is 5.97 Å². The molecule has 0 radical (unpaired) electrons. The van der Waals surface area contributed by atoms with Crippen molar-refractivity contribution in [3.05, 3.63) is 47.0 Å². The third-order valence-electron chi connectivity index (χ3n) is 3.94. The standard InChI is InChI=1S/C17H23NO2/c1-3-14(17(19)20-2)8-11-18-12-9-15-6-4-5-7-16(15)10-13-18/h4-8H,3,9-13H2,1-2H3. The van der Waals surface area contributed by atoms with Gasteiger partial charge in [-0.3, -0.25) is 4.90 Å². The molecule has 1 aliphatic rings. The third kappa shape index (κ3) is 3.70. The average molecular weight is 273 g/mol. The molecule has 3 nitrogen and oxygen atoms in total. The number of benzene rings is 1. The maximum absolute atomic E-state index is 11.6. The van der Waals surface area contributed by atoms with Gasteiger partial charge in [0.05, 0.1) is 7.11 Å². The highest BCUT2D eigenvalue weighted by Gasteiger charge is 2.13. The molecule has 0 fully saturated rings. The highest BCUT2D eigenvalue weighted by atomic mass is 16.5. The number of carbonyl (C=O) groups excluding carboxylic acids is 1. The molecule has 0 bridgehead atoms. The molecule has 1 aliphatic heterocycles. The predicted molar refractivity (Wildman–Crippen MR) is 80.7 cm³/mol. The molecule has 0 amide bonds. The number of carbonyl (C=O) groups is 1. The van der Waals surface area contributed by atoms with Gasteiger partial charge in [0.2, 0.25) is 0 Å². The monoisotopic (exact) mass is 273 g/mol. The van der Waals surface area contributed by atoms with Crippen LogP contribution >= 0.6 is 0 Å².